The number of nitrogens with zero attached hydrogens (tertiary/aromatic N) is 3. The van der Waals surface area contributed by atoms with Crippen molar-refractivity contribution in [3.8, 4) is 0 Å². The van der Waals surface area contributed by atoms with E-state index in [9.17, 15) is 4.79 Å². The smallest absolute Gasteiger partial charge is 0.339 e. The van der Waals surface area contributed by atoms with Crippen LogP contribution in [-0.2, 0) is 11.3 Å². The number of aromatic nitrogens is 3. The Morgan fingerprint density at radius 1 is 1.36 bits per heavy atom. The van der Waals surface area contributed by atoms with Crippen LogP contribution in [0.3, 0.4) is 0 Å². The molecule has 1 aliphatic rings. The third-order valence-corrected chi connectivity index (χ3v) is 5.20. The van der Waals surface area contributed by atoms with Gasteiger partial charge in [-0.15, -0.1) is 11.3 Å². The average Bonchev–Trinajstić information content (AvgIpc) is 3.40. The van der Waals surface area contributed by atoms with Gasteiger partial charge in [0.15, 0.2) is 0 Å². The van der Waals surface area contributed by atoms with Gasteiger partial charge in [-0.1, -0.05) is 0 Å². The second-order valence-electron chi connectivity index (χ2n) is 6.15. The lowest BCUT2D eigenvalue weighted by Crippen LogP contribution is -2.10. The highest BCUT2D eigenvalue weighted by molar-refractivity contribution is 7.18. The summed E-state index contributed by atoms with van der Waals surface area (Å²) in [6, 6.07) is 5.77. The number of carbonyl (C=O) groups is 1. The third-order valence-electron chi connectivity index (χ3n) is 4.24. The van der Waals surface area contributed by atoms with Crippen LogP contribution in [0.1, 0.15) is 45.4 Å². The van der Waals surface area contributed by atoms with Crippen LogP contribution in [0.25, 0.3) is 10.2 Å². The number of anilines is 1. The van der Waals surface area contributed by atoms with Crippen molar-refractivity contribution >= 4 is 33.3 Å². The molecule has 6 nitrogen and oxygen atoms in total. The van der Waals surface area contributed by atoms with Crippen molar-refractivity contribution in [2.24, 2.45) is 0 Å². The minimum absolute atomic E-state index is 0.319. The van der Waals surface area contributed by atoms with Gasteiger partial charge < -0.3 is 10.1 Å². The molecule has 7 heteroatoms. The average molecular weight is 354 g/mol. The highest BCUT2D eigenvalue weighted by Gasteiger charge is 2.30. The number of hydrogen-bond donors (Lipinski definition) is 1. The maximum absolute atomic E-state index is 11.9. The molecule has 4 rings (SSSR count). The number of pyridine rings is 1. The van der Waals surface area contributed by atoms with Gasteiger partial charge in [0, 0.05) is 10.8 Å². The van der Waals surface area contributed by atoms with Gasteiger partial charge in [-0.2, -0.15) is 0 Å². The van der Waals surface area contributed by atoms with Gasteiger partial charge >= 0.3 is 5.97 Å². The number of fused-ring (bicyclic) bond motifs is 1. The van der Waals surface area contributed by atoms with E-state index in [1.807, 2.05) is 12.1 Å². The van der Waals surface area contributed by atoms with E-state index in [4.69, 9.17) is 9.72 Å². The molecule has 0 amide bonds. The predicted octanol–water partition coefficient (Wildman–Crippen LogP) is 3.67. The minimum atomic E-state index is -0.319. The van der Waals surface area contributed by atoms with E-state index in [-0.39, 0.29) is 5.97 Å². The van der Waals surface area contributed by atoms with Crippen molar-refractivity contribution in [2.45, 2.75) is 32.2 Å². The van der Waals surface area contributed by atoms with E-state index < -0.39 is 0 Å². The molecule has 1 aliphatic carbocycles. The Kier molecular flexibility index (Phi) is 4.09. The van der Waals surface area contributed by atoms with Gasteiger partial charge in [0.2, 0.25) is 0 Å². The molecule has 0 radical (unpaired) electrons. The van der Waals surface area contributed by atoms with E-state index in [1.54, 1.807) is 17.7 Å². The summed E-state index contributed by atoms with van der Waals surface area (Å²) in [6.45, 7) is 2.60. The largest absolute Gasteiger partial charge is 0.465 e. The number of aryl methyl sites for hydroxylation is 1. The molecule has 25 heavy (non-hydrogen) atoms. The standard InChI is InChI=1S/C18H18N4O2S/c1-10-7-14-16(20-9-21-17(14)25-10)19-8-12-5-6-13(18(23)24-2)15(22-12)11-3-4-11/h5-7,9,11H,3-4,8H2,1-2H3,(H,19,20,21). The Morgan fingerprint density at radius 2 is 2.20 bits per heavy atom. The first-order valence-corrected chi connectivity index (χ1v) is 9.00. The number of nitrogens with one attached hydrogen (secondary N) is 1. The summed E-state index contributed by atoms with van der Waals surface area (Å²) >= 11 is 1.65. The van der Waals surface area contributed by atoms with E-state index in [2.05, 4.69) is 28.3 Å². The van der Waals surface area contributed by atoms with Crippen molar-refractivity contribution in [3.63, 3.8) is 0 Å². The highest BCUT2D eigenvalue weighted by atomic mass is 32.1. The van der Waals surface area contributed by atoms with Gasteiger partial charge in [-0.25, -0.2) is 14.8 Å². The van der Waals surface area contributed by atoms with Crippen molar-refractivity contribution < 1.29 is 9.53 Å². The first kappa shape index (κ1) is 16.0. The molecule has 0 spiro atoms. The molecule has 1 N–H and O–H groups in total. The van der Waals surface area contributed by atoms with E-state index >= 15 is 0 Å². The van der Waals surface area contributed by atoms with Crippen LogP contribution in [0.5, 0.6) is 0 Å². The summed E-state index contributed by atoms with van der Waals surface area (Å²) in [7, 11) is 1.40. The number of hydrogen-bond acceptors (Lipinski definition) is 7. The second kappa shape index (κ2) is 6.40. The summed E-state index contributed by atoms with van der Waals surface area (Å²) in [6.07, 6.45) is 3.73. The van der Waals surface area contributed by atoms with Crippen LogP contribution < -0.4 is 5.32 Å². The Hall–Kier alpha value is -2.54. The molecule has 3 aromatic heterocycles. The molecular weight excluding hydrogens is 336 g/mol. The van der Waals surface area contributed by atoms with Crippen molar-refractivity contribution in [1.82, 2.24) is 15.0 Å². The van der Waals surface area contributed by atoms with Gasteiger partial charge in [0.1, 0.15) is 17.0 Å². The van der Waals surface area contributed by atoms with Crippen molar-refractivity contribution in [2.75, 3.05) is 12.4 Å². The molecule has 0 saturated heterocycles. The van der Waals surface area contributed by atoms with Crippen LogP contribution in [-0.4, -0.2) is 28.0 Å². The number of carbonyl (C=O) groups excluding carboxylic acids is 1. The normalized spacial score (nSPS) is 13.8. The highest BCUT2D eigenvalue weighted by Crippen LogP contribution is 2.40. The Bertz CT molecular complexity index is 949. The fourth-order valence-corrected chi connectivity index (χ4v) is 3.70. The summed E-state index contributed by atoms with van der Waals surface area (Å²) in [5.74, 6) is 0.862. The zero-order valence-corrected chi connectivity index (χ0v) is 14.9. The van der Waals surface area contributed by atoms with Crippen molar-refractivity contribution in [1.29, 1.82) is 0 Å². The Balaban J connectivity index is 1.58. The first-order valence-electron chi connectivity index (χ1n) is 8.19. The fraction of sp³-hybridized carbons (Fsp3) is 0.333. The number of methoxy groups -OCH3 is 1. The maximum atomic E-state index is 11.9. The topological polar surface area (TPSA) is 77.0 Å². The maximum Gasteiger partial charge on any atom is 0.339 e. The summed E-state index contributed by atoms with van der Waals surface area (Å²) in [5, 5.41) is 4.37. The summed E-state index contributed by atoms with van der Waals surface area (Å²) < 4.78 is 4.86. The zero-order chi connectivity index (χ0) is 17.4. The zero-order valence-electron chi connectivity index (χ0n) is 14.1. The lowest BCUT2D eigenvalue weighted by atomic mass is 10.1. The number of ether oxygens (including phenoxy) is 1. The van der Waals surface area contributed by atoms with E-state index in [1.165, 1.54) is 12.0 Å². The van der Waals surface area contributed by atoms with Crippen LogP contribution in [0.2, 0.25) is 0 Å². The quantitative estimate of drug-likeness (QED) is 0.705. The third kappa shape index (κ3) is 3.19. The minimum Gasteiger partial charge on any atom is -0.465 e. The predicted molar refractivity (Wildman–Crippen MR) is 97.0 cm³/mol. The number of esters is 1. The van der Waals surface area contributed by atoms with Crippen LogP contribution in [0.4, 0.5) is 5.82 Å². The lowest BCUT2D eigenvalue weighted by Gasteiger charge is -2.10. The number of rotatable bonds is 5. The van der Waals surface area contributed by atoms with Gasteiger partial charge in [-0.05, 0) is 38.0 Å². The molecule has 128 valence electrons. The lowest BCUT2D eigenvalue weighted by molar-refractivity contribution is 0.0598. The fourth-order valence-electron chi connectivity index (χ4n) is 2.86. The Labute approximate surface area is 149 Å². The van der Waals surface area contributed by atoms with Gasteiger partial charge in [-0.3, -0.25) is 4.98 Å². The molecule has 3 heterocycles. The molecule has 0 unspecified atom stereocenters. The van der Waals surface area contributed by atoms with Crippen LogP contribution in [0.15, 0.2) is 24.5 Å². The molecule has 0 bridgehead atoms. The first-order chi connectivity index (χ1) is 12.2. The summed E-state index contributed by atoms with van der Waals surface area (Å²) in [4.78, 5) is 27.4. The molecule has 0 aliphatic heterocycles. The molecule has 0 atom stereocenters. The van der Waals surface area contributed by atoms with Gasteiger partial charge in [0.25, 0.3) is 0 Å². The SMILES string of the molecule is COC(=O)c1ccc(CNc2ncnc3sc(C)cc23)nc1C1CC1. The molecule has 1 saturated carbocycles. The van der Waals surface area contributed by atoms with E-state index in [0.717, 1.165) is 40.3 Å². The van der Waals surface area contributed by atoms with Crippen molar-refractivity contribution in [3.05, 3.63) is 46.4 Å². The summed E-state index contributed by atoms with van der Waals surface area (Å²) in [5.41, 5.74) is 2.31. The molecule has 3 aromatic rings. The van der Waals surface area contributed by atoms with E-state index in [0.29, 0.717) is 18.0 Å². The second-order valence-corrected chi connectivity index (χ2v) is 7.39. The molecule has 1 fully saturated rings. The van der Waals surface area contributed by atoms with Crippen LogP contribution in [0, 0.1) is 6.92 Å². The Morgan fingerprint density at radius 3 is 2.96 bits per heavy atom. The monoisotopic (exact) mass is 354 g/mol. The molecule has 0 aromatic carbocycles. The number of thiophene rings is 1. The van der Waals surface area contributed by atoms with Gasteiger partial charge in [0.05, 0.1) is 36.0 Å². The van der Waals surface area contributed by atoms with Crippen LogP contribution >= 0.6 is 11.3 Å². The molecular formula is C18H18N4O2S.